The summed E-state index contributed by atoms with van der Waals surface area (Å²) >= 11 is 0. The predicted octanol–water partition coefficient (Wildman–Crippen LogP) is 4.32. The molecule has 0 spiro atoms. The van der Waals surface area contributed by atoms with Crippen LogP contribution in [0.1, 0.15) is 48.5 Å². The molecular formula is C21H24F3N5O. The van der Waals surface area contributed by atoms with Crippen molar-refractivity contribution in [2.24, 2.45) is 0 Å². The number of likely N-dealkylation sites (tertiary alicyclic amines) is 1. The van der Waals surface area contributed by atoms with Crippen LogP contribution >= 0.6 is 0 Å². The monoisotopic (exact) mass is 419 g/mol. The Morgan fingerprint density at radius 3 is 2.90 bits per heavy atom. The zero-order valence-electron chi connectivity index (χ0n) is 16.6. The molecule has 1 fully saturated rings. The van der Waals surface area contributed by atoms with E-state index >= 15 is 0 Å². The number of alkyl halides is 3. The van der Waals surface area contributed by atoms with Crippen LogP contribution in [0.3, 0.4) is 0 Å². The van der Waals surface area contributed by atoms with Crippen LogP contribution in [0.5, 0.6) is 0 Å². The highest BCUT2D eigenvalue weighted by Gasteiger charge is 2.30. The van der Waals surface area contributed by atoms with E-state index in [-0.39, 0.29) is 6.42 Å². The summed E-state index contributed by atoms with van der Waals surface area (Å²) < 4.78 is 46.2. The summed E-state index contributed by atoms with van der Waals surface area (Å²) in [5, 5.41) is 3.97. The summed E-state index contributed by atoms with van der Waals surface area (Å²) in [4.78, 5) is 10.9. The fourth-order valence-electron chi connectivity index (χ4n) is 3.95. The molecular weight excluding hydrogens is 395 g/mol. The highest BCUT2D eigenvalue weighted by atomic mass is 19.4. The number of aromatic nitrogens is 4. The van der Waals surface area contributed by atoms with Crippen LogP contribution in [0, 0.1) is 0 Å². The molecule has 0 aliphatic carbocycles. The van der Waals surface area contributed by atoms with Crippen molar-refractivity contribution in [2.45, 2.75) is 57.4 Å². The minimum atomic E-state index is -4.36. The second-order valence-electron chi connectivity index (χ2n) is 7.69. The van der Waals surface area contributed by atoms with Gasteiger partial charge in [0.25, 0.3) is 0 Å². The number of nitrogens with zero attached hydrogens (tertiary/aromatic N) is 5. The quantitative estimate of drug-likeness (QED) is 0.571. The Balaban J connectivity index is 1.37. The van der Waals surface area contributed by atoms with Crippen molar-refractivity contribution in [3.63, 3.8) is 0 Å². The summed E-state index contributed by atoms with van der Waals surface area (Å²) in [7, 11) is 0. The maximum Gasteiger partial charge on any atom is 0.416 e. The fourth-order valence-corrected chi connectivity index (χ4v) is 3.95. The SMILES string of the molecule is FC(F)(F)c1cccc(Cc2noc(CN3CCCCC3CCn3ccnc3)n2)c1. The molecule has 1 unspecified atom stereocenters. The van der Waals surface area contributed by atoms with Gasteiger partial charge in [0.05, 0.1) is 18.4 Å². The van der Waals surface area contributed by atoms with E-state index in [4.69, 9.17) is 4.52 Å². The molecule has 30 heavy (non-hydrogen) atoms. The van der Waals surface area contributed by atoms with E-state index < -0.39 is 11.7 Å². The maximum absolute atomic E-state index is 12.9. The number of benzene rings is 1. The molecule has 1 aromatic carbocycles. The van der Waals surface area contributed by atoms with Gasteiger partial charge in [-0.05, 0) is 37.4 Å². The van der Waals surface area contributed by atoms with Gasteiger partial charge in [-0.1, -0.05) is 29.8 Å². The number of imidazole rings is 1. The van der Waals surface area contributed by atoms with Crippen molar-refractivity contribution in [3.8, 4) is 0 Å². The molecule has 9 heteroatoms. The van der Waals surface area contributed by atoms with Crippen molar-refractivity contribution in [1.82, 2.24) is 24.6 Å². The molecule has 1 saturated heterocycles. The maximum atomic E-state index is 12.9. The van der Waals surface area contributed by atoms with E-state index in [9.17, 15) is 13.2 Å². The molecule has 1 atom stereocenters. The zero-order chi connectivity index (χ0) is 21.0. The van der Waals surface area contributed by atoms with Gasteiger partial charge < -0.3 is 9.09 Å². The average molecular weight is 419 g/mol. The van der Waals surface area contributed by atoms with Crippen LogP contribution in [0.4, 0.5) is 13.2 Å². The Morgan fingerprint density at radius 2 is 2.10 bits per heavy atom. The van der Waals surface area contributed by atoms with Crippen LogP contribution in [0.25, 0.3) is 0 Å². The van der Waals surface area contributed by atoms with Crippen molar-refractivity contribution >= 4 is 0 Å². The third kappa shape index (κ3) is 5.27. The van der Waals surface area contributed by atoms with Gasteiger partial charge in [0, 0.05) is 31.4 Å². The van der Waals surface area contributed by atoms with E-state index in [1.54, 1.807) is 12.3 Å². The Kier molecular flexibility index (Phi) is 6.17. The van der Waals surface area contributed by atoms with Gasteiger partial charge in [-0.3, -0.25) is 4.90 Å². The number of halogens is 3. The number of aryl methyl sites for hydroxylation is 1. The normalized spacial score (nSPS) is 18.0. The van der Waals surface area contributed by atoms with Crippen molar-refractivity contribution in [1.29, 1.82) is 0 Å². The zero-order valence-corrected chi connectivity index (χ0v) is 16.6. The van der Waals surface area contributed by atoms with Gasteiger partial charge in [0.15, 0.2) is 5.82 Å². The number of rotatable bonds is 7. The van der Waals surface area contributed by atoms with Crippen LogP contribution in [-0.4, -0.2) is 37.2 Å². The van der Waals surface area contributed by atoms with Crippen LogP contribution in [-0.2, 0) is 25.7 Å². The molecule has 0 N–H and O–H groups in total. The number of hydrogen-bond donors (Lipinski definition) is 0. The lowest BCUT2D eigenvalue weighted by atomic mass is 9.99. The molecule has 0 bridgehead atoms. The van der Waals surface area contributed by atoms with Gasteiger partial charge in [-0.2, -0.15) is 18.2 Å². The standard InChI is InChI=1S/C21H24F3N5O/c22-21(23,24)17-5-3-4-16(12-17)13-19-26-20(30-27-19)14-29-9-2-1-6-18(29)7-10-28-11-8-25-15-28/h3-5,8,11-12,15,18H,1-2,6-7,9-10,13-14H2. The molecule has 0 radical (unpaired) electrons. The van der Waals surface area contributed by atoms with E-state index in [1.165, 1.54) is 12.5 Å². The number of hydrogen-bond acceptors (Lipinski definition) is 5. The molecule has 6 nitrogen and oxygen atoms in total. The lowest BCUT2D eigenvalue weighted by Gasteiger charge is -2.34. The van der Waals surface area contributed by atoms with Gasteiger partial charge in [-0.15, -0.1) is 0 Å². The predicted molar refractivity (Wildman–Crippen MR) is 103 cm³/mol. The molecule has 1 aliphatic heterocycles. The fraction of sp³-hybridized carbons (Fsp3) is 0.476. The third-order valence-corrected chi connectivity index (χ3v) is 5.49. The van der Waals surface area contributed by atoms with Crippen molar-refractivity contribution in [3.05, 3.63) is 65.8 Å². The topological polar surface area (TPSA) is 60.0 Å². The highest BCUT2D eigenvalue weighted by Crippen LogP contribution is 2.30. The Morgan fingerprint density at radius 1 is 1.20 bits per heavy atom. The van der Waals surface area contributed by atoms with Crippen LogP contribution < -0.4 is 0 Å². The lowest BCUT2D eigenvalue weighted by molar-refractivity contribution is -0.137. The van der Waals surface area contributed by atoms with Crippen molar-refractivity contribution in [2.75, 3.05) is 6.54 Å². The summed E-state index contributed by atoms with van der Waals surface area (Å²) in [6.07, 6.45) is 5.89. The Hall–Kier alpha value is -2.68. The summed E-state index contributed by atoms with van der Waals surface area (Å²) in [6.45, 7) is 2.44. The molecule has 0 saturated carbocycles. The number of piperidine rings is 1. The molecule has 0 amide bonds. The molecule has 3 heterocycles. The van der Waals surface area contributed by atoms with E-state index in [2.05, 4.69) is 24.6 Å². The first-order chi connectivity index (χ1) is 14.5. The molecule has 2 aromatic heterocycles. The van der Waals surface area contributed by atoms with E-state index in [0.717, 1.165) is 44.5 Å². The largest absolute Gasteiger partial charge is 0.416 e. The first kappa shape index (κ1) is 20.6. The second kappa shape index (κ2) is 8.99. The minimum absolute atomic E-state index is 0.206. The van der Waals surface area contributed by atoms with Crippen LogP contribution in [0.2, 0.25) is 0 Å². The van der Waals surface area contributed by atoms with Crippen molar-refractivity contribution < 1.29 is 17.7 Å². The minimum Gasteiger partial charge on any atom is -0.338 e. The average Bonchev–Trinajstić information content (AvgIpc) is 3.39. The van der Waals surface area contributed by atoms with E-state index in [0.29, 0.717) is 29.9 Å². The second-order valence-corrected chi connectivity index (χ2v) is 7.69. The molecule has 160 valence electrons. The summed E-state index contributed by atoms with van der Waals surface area (Å²) in [5.74, 6) is 0.905. The van der Waals surface area contributed by atoms with Crippen LogP contribution in [0.15, 0.2) is 47.5 Å². The highest BCUT2D eigenvalue weighted by molar-refractivity contribution is 5.27. The first-order valence-corrected chi connectivity index (χ1v) is 10.1. The van der Waals surface area contributed by atoms with E-state index in [1.807, 2.05) is 12.5 Å². The molecule has 3 aromatic rings. The smallest absolute Gasteiger partial charge is 0.338 e. The lowest BCUT2D eigenvalue weighted by Crippen LogP contribution is -2.39. The Labute approximate surface area is 172 Å². The third-order valence-electron chi connectivity index (χ3n) is 5.49. The van der Waals surface area contributed by atoms with Gasteiger partial charge in [0.2, 0.25) is 5.89 Å². The Bertz CT molecular complexity index is 938. The summed E-state index contributed by atoms with van der Waals surface area (Å²) in [6, 6.07) is 5.66. The van der Waals surface area contributed by atoms with Gasteiger partial charge in [-0.25, -0.2) is 4.98 Å². The van der Waals surface area contributed by atoms with Gasteiger partial charge in [0.1, 0.15) is 0 Å². The molecule has 4 rings (SSSR count). The summed E-state index contributed by atoms with van der Waals surface area (Å²) in [5.41, 5.74) is -0.161. The molecule has 1 aliphatic rings. The first-order valence-electron chi connectivity index (χ1n) is 10.1. The van der Waals surface area contributed by atoms with Gasteiger partial charge >= 0.3 is 6.18 Å².